The molecule has 0 heterocycles. The molecule has 208 valence electrons. The van der Waals surface area contributed by atoms with Crippen LogP contribution in [0.4, 0.5) is 0 Å². The highest BCUT2D eigenvalue weighted by atomic mass is 16.3. The van der Waals surface area contributed by atoms with Crippen molar-refractivity contribution in [3.05, 3.63) is 84.5 Å². The Balaban J connectivity index is 0.00000631. The topological polar surface area (TPSA) is 40.5 Å². The van der Waals surface area contributed by atoms with E-state index < -0.39 is 6.10 Å². The predicted molar refractivity (Wildman–Crippen MR) is 163 cm³/mol. The summed E-state index contributed by atoms with van der Waals surface area (Å²) in [6, 6.07) is 9.24. The second-order valence-electron chi connectivity index (χ2n) is 9.29. The Kier molecular flexibility index (Phi) is 23.6. The number of rotatable bonds is 19. The number of likely N-dealkylation sites (N-methyl/N-ethyl adjacent to an activating group) is 1. The van der Waals surface area contributed by atoms with Crippen molar-refractivity contribution in [1.82, 2.24) is 4.90 Å². The first-order valence-electron chi connectivity index (χ1n) is 14.7. The van der Waals surface area contributed by atoms with Crippen LogP contribution in [0.15, 0.2) is 78.9 Å². The Morgan fingerprint density at radius 2 is 1.27 bits per heavy atom. The van der Waals surface area contributed by atoms with Gasteiger partial charge in [0.15, 0.2) is 0 Å². The fourth-order valence-electron chi connectivity index (χ4n) is 3.84. The molecule has 1 aromatic rings. The second-order valence-corrected chi connectivity index (χ2v) is 9.29. The lowest BCUT2D eigenvalue weighted by atomic mass is 10.0. The molecule has 1 aromatic carbocycles. The number of amides is 1. The van der Waals surface area contributed by atoms with Gasteiger partial charge in [-0.15, -0.1) is 0 Å². The minimum absolute atomic E-state index is 0.0545. The zero-order chi connectivity index (χ0) is 27.6. The first kappa shape index (κ1) is 34.6. The molecule has 1 rings (SSSR count). The van der Waals surface area contributed by atoms with Crippen molar-refractivity contribution in [2.45, 2.75) is 117 Å². The molecule has 0 spiro atoms. The number of nitrogens with zero attached hydrogens (tertiary/aromatic N) is 1. The van der Waals surface area contributed by atoms with E-state index in [1.807, 2.05) is 51.1 Å². The average Bonchev–Trinajstić information content (AvgIpc) is 2.94. The SMILES string of the molecule is CC.CCCCCCCC/C=C\C/C=C\C/C=C\C/C=C\CCC(=O)N(C)C(C)C(O)c1ccccc1. The lowest BCUT2D eigenvalue weighted by molar-refractivity contribution is -0.133. The Hall–Kier alpha value is -2.39. The zero-order valence-corrected chi connectivity index (χ0v) is 24.4. The minimum Gasteiger partial charge on any atom is -0.386 e. The van der Waals surface area contributed by atoms with Gasteiger partial charge in [-0.2, -0.15) is 0 Å². The zero-order valence-electron chi connectivity index (χ0n) is 24.4. The van der Waals surface area contributed by atoms with Gasteiger partial charge in [-0.05, 0) is 51.0 Å². The highest BCUT2D eigenvalue weighted by Gasteiger charge is 2.23. The summed E-state index contributed by atoms with van der Waals surface area (Å²) in [7, 11) is 1.77. The fourth-order valence-corrected chi connectivity index (χ4v) is 3.84. The van der Waals surface area contributed by atoms with Gasteiger partial charge in [0.25, 0.3) is 0 Å². The summed E-state index contributed by atoms with van der Waals surface area (Å²) in [5, 5.41) is 10.5. The number of hydrogen-bond acceptors (Lipinski definition) is 2. The highest BCUT2D eigenvalue weighted by Crippen LogP contribution is 2.20. The number of aliphatic hydroxyl groups is 1. The molecule has 0 aliphatic heterocycles. The molecule has 1 amide bonds. The van der Waals surface area contributed by atoms with Crippen LogP contribution in [0.2, 0.25) is 0 Å². The molecular weight excluding hydrogens is 454 g/mol. The Morgan fingerprint density at radius 3 is 1.84 bits per heavy atom. The van der Waals surface area contributed by atoms with E-state index in [4.69, 9.17) is 0 Å². The van der Waals surface area contributed by atoms with Crippen LogP contribution < -0.4 is 0 Å². The third-order valence-corrected chi connectivity index (χ3v) is 6.33. The summed E-state index contributed by atoms with van der Waals surface area (Å²) in [6.45, 7) is 8.15. The monoisotopic (exact) mass is 509 g/mol. The predicted octanol–water partition coefficient (Wildman–Crippen LogP) is 9.52. The Labute approximate surface area is 229 Å². The molecule has 2 unspecified atom stereocenters. The van der Waals surface area contributed by atoms with Crippen molar-refractivity contribution in [1.29, 1.82) is 0 Å². The van der Waals surface area contributed by atoms with Crippen LogP contribution in [0.3, 0.4) is 0 Å². The van der Waals surface area contributed by atoms with Crippen molar-refractivity contribution in [3.63, 3.8) is 0 Å². The molecule has 2 atom stereocenters. The van der Waals surface area contributed by atoms with Crippen molar-refractivity contribution in [2.75, 3.05) is 7.05 Å². The van der Waals surface area contributed by atoms with Crippen LogP contribution in [0.1, 0.15) is 116 Å². The van der Waals surface area contributed by atoms with E-state index in [1.54, 1.807) is 11.9 Å². The molecule has 3 heteroatoms. The smallest absolute Gasteiger partial charge is 0.222 e. The van der Waals surface area contributed by atoms with Gasteiger partial charge in [0, 0.05) is 13.5 Å². The van der Waals surface area contributed by atoms with Gasteiger partial charge in [0.05, 0.1) is 12.1 Å². The Bertz CT molecular complexity index is 763. The second kappa shape index (κ2) is 25.3. The third-order valence-electron chi connectivity index (χ3n) is 6.33. The van der Waals surface area contributed by atoms with Gasteiger partial charge in [-0.25, -0.2) is 0 Å². The summed E-state index contributed by atoms with van der Waals surface area (Å²) in [4.78, 5) is 14.1. The number of aliphatic hydroxyl groups excluding tert-OH is 1. The van der Waals surface area contributed by atoms with E-state index in [0.29, 0.717) is 6.42 Å². The normalized spacial score (nSPS) is 13.4. The van der Waals surface area contributed by atoms with Crippen LogP contribution in [0.25, 0.3) is 0 Å². The molecule has 0 saturated carbocycles. The number of hydrogen-bond donors (Lipinski definition) is 1. The summed E-state index contributed by atoms with van der Waals surface area (Å²) >= 11 is 0. The molecule has 0 aromatic heterocycles. The highest BCUT2D eigenvalue weighted by molar-refractivity contribution is 5.76. The molecule has 0 aliphatic rings. The number of allylic oxidation sites excluding steroid dienone is 8. The van der Waals surface area contributed by atoms with Gasteiger partial charge < -0.3 is 10.0 Å². The van der Waals surface area contributed by atoms with Crippen LogP contribution in [-0.4, -0.2) is 29.0 Å². The molecule has 0 saturated heterocycles. The first-order valence-corrected chi connectivity index (χ1v) is 14.7. The minimum atomic E-state index is -0.680. The molecule has 37 heavy (non-hydrogen) atoms. The summed E-state index contributed by atoms with van der Waals surface area (Å²) in [6.07, 6.45) is 30.3. The average molecular weight is 510 g/mol. The number of unbranched alkanes of at least 4 members (excludes halogenated alkanes) is 6. The van der Waals surface area contributed by atoms with E-state index in [9.17, 15) is 9.90 Å². The number of carbonyl (C=O) groups is 1. The van der Waals surface area contributed by atoms with Crippen molar-refractivity contribution < 1.29 is 9.90 Å². The third kappa shape index (κ3) is 18.5. The maximum Gasteiger partial charge on any atom is 0.222 e. The standard InChI is InChI=1S/C32H49NO2.C2H6/c1-4-5-6-7-8-9-10-11-12-13-14-15-16-17-18-19-20-21-25-28-31(34)33(3)29(2)32(35)30-26-23-22-24-27-30;1-2/h11-12,14-15,17-18,20-24,26-27,29,32,35H,4-10,13,16,19,25,28H2,1-3H3;1-2H3/b12-11-,15-14-,18-17-,21-20-;. The van der Waals surface area contributed by atoms with E-state index in [0.717, 1.165) is 31.2 Å². The quantitative estimate of drug-likeness (QED) is 0.149. The molecule has 0 radical (unpaired) electrons. The van der Waals surface area contributed by atoms with Crippen LogP contribution in [-0.2, 0) is 4.79 Å². The maximum atomic E-state index is 12.5. The van der Waals surface area contributed by atoms with E-state index in [1.165, 1.54) is 44.9 Å². The molecule has 0 fully saturated rings. The van der Waals surface area contributed by atoms with E-state index in [2.05, 4.69) is 55.5 Å². The van der Waals surface area contributed by atoms with Gasteiger partial charge in [-0.3, -0.25) is 4.79 Å². The van der Waals surface area contributed by atoms with E-state index >= 15 is 0 Å². The van der Waals surface area contributed by atoms with Crippen molar-refractivity contribution in [3.8, 4) is 0 Å². The van der Waals surface area contributed by atoms with Crippen LogP contribution in [0, 0.1) is 0 Å². The number of benzene rings is 1. The molecule has 0 aliphatic carbocycles. The summed E-state index contributed by atoms with van der Waals surface area (Å²) < 4.78 is 0. The van der Waals surface area contributed by atoms with Gasteiger partial charge >= 0.3 is 0 Å². The fraction of sp³-hybridized carbons (Fsp3) is 0.559. The van der Waals surface area contributed by atoms with Gasteiger partial charge in [0.1, 0.15) is 0 Å². The molecular formula is C34H55NO2. The largest absolute Gasteiger partial charge is 0.386 e. The van der Waals surface area contributed by atoms with Gasteiger partial charge in [0.2, 0.25) is 5.91 Å². The molecule has 3 nitrogen and oxygen atoms in total. The first-order chi connectivity index (χ1) is 18.1. The van der Waals surface area contributed by atoms with Crippen molar-refractivity contribution in [2.24, 2.45) is 0 Å². The van der Waals surface area contributed by atoms with Crippen LogP contribution in [0.5, 0.6) is 0 Å². The summed E-state index contributed by atoms with van der Waals surface area (Å²) in [5.74, 6) is 0.0545. The van der Waals surface area contributed by atoms with E-state index in [-0.39, 0.29) is 11.9 Å². The van der Waals surface area contributed by atoms with Crippen LogP contribution >= 0.6 is 0 Å². The number of carbonyl (C=O) groups excluding carboxylic acids is 1. The lowest BCUT2D eigenvalue weighted by Gasteiger charge is -2.29. The van der Waals surface area contributed by atoms with Gasteiger partial charge in [-0.1, -0.05) is 132 Å². The molecule has 1 N–H and O–H groups in total. The Morgan fingerprint density at radius 1 is 0.784 bits per heavy atom. The lowest BCUT2D eigenvalue weighted by Crippen LogP contribution is -2.38. The summed E-state index contributed by atoms with van der Waals surface area (Å²) in [5.41, 5.74) is 0.834. The maximum absolute atomic E-state index is 12.5. The van der Waals surface area contributed by atoms with Crippen molar-refractivity contribution >= 4 is 5.91 Å². The molecule has 0 bridgehead atoms.